The highest BCUT2D eigenvalue weighted by atomic mass is 32.2. The Morgan fingerprint density at radius 2 is 1.31 bits per heavy atom. The molecule has 4 aromatic rings. The zero-order chi connectivity index (χ0) is 27.3. The largest absolute Gasteiger partial charge is 0.482 e. The van der Waals surface area contributed by atoms with E-state index in [-0.39, 0.29) is 17.5 Å². The highest BCUT2D eigenvalue weighted by Crippen LogP contribution is 2.41. The van der Waals surface area contributed by atoms with Gasteiger partial charge in [0.1, 0.15) is 11.4 Å². The summed E-state index contributed by atoms with van der Waals surface area (Å²) in [6.07, 6.45) is -0.261. The molecular formula is C32H26F3O3S+. The molecule has 0 saturated carbocycles. The van der Waals surface area contributed by atoms with Gasteiger partial charge < -0.3 is 9.47 Å². The van der Waals surface area contributed by atoms with Crippen LogP contribution >= 0.6 is 0 Å². The Hall–Kier alpha value is -3.97. The van der Waals surface area contributed by atoms with E-state index in [9.17, 15) is 18.0 Å². The van der Waals surface area contributed by atoms with Gasteiger partial charge in [0.05, 0.1) is 16.5 Å². The van der Waals surface area contributed by atoms with Gasteiger partial charge in [-0.05, 0) is 66.2 Å². The van der Waals surface area contributed by atoms with Crippen molar-refractivity contribution in [2.45, 2.75) is 39.3 Å². The molecule has 7 heteroatoms. The Morgan fingerprint density at radius 3 is 1.87 bits per heavy atom. The van der Waals surface area contributed by atoms with Crippen LogP contribution in [0.3, 0.4) is 0 Å². The van der Waals surface area contributed by atoms with Gasteiger partial charge in [-0.1, -0.05) is 60.7 Å². The molecule has 0 aromatic heterocycles. The number of carbonyl (C=O) groups excluding carboxylic acids is 1. The summed E-state index contributed by atoms with van der Waals surface area (Å²) >= 11 is 0. The lowest BCUT2D eigenvalue weighted by Crippen LogP contribution is -2.32. The molecule has 0 heterocycles. The minimum atomic E-state index is -4.48. The van der Waals surface area contributed by atoms with E-state index in [2.05, 4.69) is 24.3 Å². The number of halogens is 3. The molecule has 0 N–H and O–H groups in total. The van der Waals surface area contributed by atoms with Crippen LogP contribution in [0.5, 0.6) is 5.75 Å². The van der Waals surface area contributed by atoms with Crippen molar-refractivity contribution in [3.63, 3.8) is 0 Å². The first-order chi connectivity index (χ1) is 18.8. The quantitative estimate of drug-likeness (QED) is 0.128. The third-order valence-corrected chi connectivity index (χ3v) is 8.69. The topological polar surface area (TPSA) is 35.5 Å². The number of hydrogen-bond acceptors (Lipinski definition) is 3. The molecule has 0 fully saturated rings. The molecule has 5 rings (SSSR count). The van der Waals surface area contributed by atoms with Crippen molar-refractivity contribution in [2.24, 2.45) is 0 Å². The van der Waals surface area contributed by atoms with Crippen molar-refractivity contribution in [3.8, 4) is 5.75 Å². The van der Waals surface area contributed by atoms with Gasteiger partial charge >= 0.3 is 12.1 Å². The van der Waals surface area contributed by atoms with Crippen LogP contribution in [-0.4, -0.2) is 12.6 Å². The molecule has 0 saturated heterocycles. The lowest BCUT2D eigenvalue weighted by Gasteiger charge is -2.30. The number of alkyl halides is 3. The monoisotopic (exact) mass is 547 g/mol. The Balaban J connectivity index is 1.28. The maximum Gasteiger partial charge on any atom is 0.416 e. The Morgan fingerprint density at radius 1 is 0.744 bits per heavy atom. The molecule has 0 amide bonds. The van der Waals surface area contributed by atoms with Crippen molar-refractivity contribution < 1.29 is 27.4 Å². The number of benzene rings is 4. The van der Waals surface area contributed by atoms with Crippen molar-refractivity contribution in [3.05, 3.63) is 132 Å². The van der Waals surface area contributed by atoms with E-state index in [1.165, 1.54) is 15.9 Å². The smallest absolute Gasteiger partial charge is 0.416 e. The molecule has 39 heavy (non-hydrogen) atoms. The summed E-state index contributed by atoms with van der Waals surface area (Å²) in [5.74, 6) is -0.147. The standard InChI is InChI=1S/C32H26F3O3S/c33-32(34,35)25-11-9-10-24(22-25)31(20-7-8-21-31)38-30(36)23-37-26-16-18-29(19-17-26)39(27-12-3-1-4-13-27)28-14-5-2-6-15-28/h1-19,22H,20-21,23H2/q+1. The van der Waals surface area contributed by atoms with E-state index >= 15 is 0 Å². The minimum Gasteiger partial charge on any atom is -0.482 e. The second-order valence-corrected chi connectivity index (χ2v) is 11.1. The maximum absolute atomic E-state index is 13.3. The van der Waals surface area contributed by atoms with E-state index in [1.807, 2.05) is 72.8 Å². The summed E-state index contributed by atoms with van der Waals surface area (Å²) < 4.78 is 51.3. The van der Waals surface area contributed by atoms with Crippen molar-refractivity contribution in [1.29, 1.82) is 0 Å². The van der Waals surface area contributed by atoms with Crippen molar-refractivity contribution >= 4 is 16.9 Å². The van der Waals surface area contributed by atoms with Crippen LogP contribution in [-0.2, 0) is 32.2 Å². The lowest BCUT2D eigenvalue weighted by atomic mass is 9.90. The summed E-state index contributed by atoms with van der Waals surface area (Å²) in [6.45, 7) is -0.358. The molecule has 4 aromatic carbocycles. The zero-order valence-corrected chi connectivity index (χ0v) is 21.8. The maximum atomic E-state index is 13.3. The zero-order valence-electron chi connectivity index (χ0n) is 20.9. The van der Waals surface area contributed by atoms with E-state index in [0.717, 1.165) is 17.0 Å². The van der Waals surface area contributed by atoms with E-state index in [4.69, 9.17) is 9.47 Å². The second-order valence-electron chi connectivity index (χ2n) is 9.12. The molecule has 1 aliphatic carbocycles. The van der Waals surface area contributed by atoms with Gasteiger partial charge in [-0.2, -0.15) is 13.2 Å². The van der Waals surface area contributed by atoms with Crippen LogP contribution in [0.2, 0.25) is 0 Å². The average molecular weight is 548 g/mol. The lowest BCUT2D eigenvalue weighted by molar-refractivity contribution is -0.162. The van der Waals surface area contributed by atoms with Crippen LogP contribution < -0.4 is 4.74 Å². The fraction of sp³-hybridized carbons (Fsp3) is 0.156. The third kappa shape index (κ3) is 6.20. The highest BCUT2D eigenvalue weighted by molar-refractivity contribution is 7.97. The van der Waals surface area contributed by atoms with Gasteiger partial charge in [0.2, 0.25) is 0 Å². The molecule has 1 aliphatic rings. The van der Waals surface area contributed by atoms with Gasteiger partial charge in [-0.25, -0.2) is 4.79 Å². The summed E-state index contributed by atoms with van der Waals surface area (Å²) in [7, 11) is -0.308. The van der Waals surface area contributed by atoms with E-state index in [1.54, 1.807) is 6.07 Å². The Bertz CT molecular complexity index is 1390. The highest BCUT2D eigenvalue weighted by Gasteiger charge is 2.39. The van der Waals surface area contributed by atoms with Crippen LogP contribution in [0.1, 0.15) is 24.0 Å². The first kappa shape index (κ1) is 26.6. The predicted octanol–water partition coefficient (Wildman–Crippen LogP) is 7.97. The number of ether oxygens (including phenoxy) is 2. The molecule has 0 radical (unpaired) electrons. The van der Waals surface area contributed by atoms with Crippen LogP contribution in [0.4, 0.5) is 13.2 Å². The van der Waals surface area contributed by atoms with Crippen LogP contribution in [0.25, 0.3) is 0 Å². The molecular weight excluding hydrogens is 521 g/mol. The van der Waals surface area contributed by atoms with Gasteiger partial charge in [0, 0.05) is 12.8 Å². The molecule has 0 bridgehead atoms. The third-order valence-electron chi connectivity index (χ3n) is 6.46. The van der Waals surface area contributed by atoms with E-state index in [0.29, 0.717) is 24.2 Å². The molecule has 3 nitrogen and oxygen atoms in total. The number of rotatable bonds is 8. The first-order valence-corrected chi connectivity index (χ1v) is 13.7. The van der Waals surface area contributed by atoms with Gasteiger partial charge in [-0.15, -0.1) is 0 Å². The second kappa shape index (κ2) is 11.4. The molecule has 0 atom stereocenters. The van der Waals surface area contributed by atoms with E-state index < -0.39 is 23.3 Å². The molecule has 0 aliphatic heterocycles. The van der Waals surface area contributed by atoms with Gasteiger partial charge in [-0.3, -0.25) is 0 Å². The summed E-state index contributed by atoms with van der Waals surface area (Å²) in [5, 5.41) is 0. The van der Waals surface area contributed by atoms with Crippen molar-refractivity contribution in [1.82, 2.24) is 0 Å². The fourth-order valence-electron chi connectivity index (χ4n) is 4.57. The normalized spacial score (nSPS) is 14.4. The first-order valence-electron chi connectivity index (χ1n) is 12.5. The molecule has 0 unspecified atom stereocenters. The Labute approximate surface area is 228 Å². The Kier molecular flexibility index (Phi) is 7.79. The van der Waals surface area contributed by atoms with Gasteiger partial charge in [0.15, 0.2) is 21.3 Å². The van der Waals surface area contributed by atoms with Gasteiger partial charge in [0.25, 0.3) is 0 Å². The predicted molar refractivity (Wildman–Crippen MR) is 145 cm³/mol. The SMILES string of the molecule is O=C(COc1ccc([S+](c2ccccc2)c2ccccc2)cc1)OC1(c2cccc(C(F)(F)F)c2)CC=CC1. The minimum absolute atomic E-state index is 0.302. The number of esters is 1. The fourth-order valence-corrected chi connectivity index (χ4v) is 6.65. The molecule has 198 valence electrons. The number of hydrogen-bond donors (Lipinski definition) is 0. The summed E-state index contributed by atoms with van der Waals surface area (Å²) in [4.78, 5) is 16.3. The summed E-state index contributed by atoms with van der Waals surface area (Å²) in [6, 6.07) is 33.0. The van der Waals surface area contributed by atoms with Crippen molar-refractivity contribution in [2.75, 3.05) is 6.61 Å². The van der Waals surface area contributed by atoms with Crippen LogP contribution in [0, 0.1) is 0 Å². The average Bonchev–Trinajstić information content (AvgIpc) is 3.43. The molecule has 0 spiro atoms. The summed E-state index contributed by atoms with van der Waals surface area (Å²) in [5.41, 5.74) is -1.64. The van der Waals surface area contributed by atoms with Crippen LogP contribution in [0.15, 0.2) is 136 Å². The number of carbonyl (C=O) groups is 1.